The number of rotatable bonds is 5. The van der Waals surface area contributed by atoms with Gasteiger partial charge in [0.1, 0.15) is 0 Å². The maximum Gasteiger partial charge on any atom is 0.170 e. The molecule has 5 nitrogen and oxygen atoms in total. The number of nitrogens with two attached hydrogens (primary N) is 1. The molecule has 0 amide bonds. The Morgan fingerprint density at radius 1 is 1.32 bits per heavy atom. The van der Waals surface area contributed by atoms with E-state index in [-0.39, 0.29) is 5.84 Å². The summed E-state index contributed by atoms with van der Waals surface area (Å²) in [6, 6.07) is 7.42. The minimum Gasteiger partial charge on any atom is -0.409 e. The van der Waals surface area contributed by atoms with Crippen LogP contribution in [0.25, 0.3) is 0 Å². The van der Waals surface area contributed by atoms with Crippen LogP contribution in [0, 0.1) is 0 Å². The number of oxime groups is 1. The molecule has 0 unspecified atom stereocenters. The molecule has 0 heterocycles. The second-order valence-corrected chi connectivity index (χ2v) is 5.72. The average molecular weight is 265 g/mol. The van der Waals surface area contributed by atoms with E-state index >= 15 is 0 Å². The molecule has 0 spiro atoms. The SMILES string of the molecule is CC(C)(O)C(C)(C)NCc1cccc(/C(N)=N/O)c1. The fourth-order valence-electron chi connectivity index (χ4n) is 1.44. The number of hydrogen-bond donors (Lipinski definition) is 4. The second kappa shape index (κ2) is 5.59. The molecule has 19 heavy (non-hydrogen) atoms. The topological polar surface area (TPSA) is 90.9 Å². The van der Waals surface area contributed by atoms with E-state index in [4.69, 9.17) is 10.9 Å². The highest BCUT2D eigenvalue weighted by atomic mass is 16.4. The molecule has 1 aromatic carbocycles. The van der Waals surface area contributed by atoms with Crippen LogP contribution >= 0.6 is 0 Å². The van der Waals surface area contributed by atoms with Crippen LogP contribution in [0.4, 0.5) is 0 Å². The Morgan fingerprint density at radius 3 is 2.47 bits per heavy atom. The smallest absolute Gasteiger partial charge is 0.170 e. The van der Waals surface area contributed by atoms with Crippen LogP contribution in [0.2, 0.25) is 0 Å². The summed E-state index contributed by atoms with van der Waals surface area (Å²) in [5.41, 5.74) is 5.96. The molecule has 1 aromatic rings. The zero-order valence-corrected chi connectivity index (χ0v) is 11.9. The van der Waals surface area contributed by atoms with Gasteiger partial charge in [-0.3, -0.25) is 0 Å². The van der Waals surface area contributed by atoms with Gasteiger partial charge in [-0.1, -0.05) is 23.4 Å². The molecule has 5 heteroatoms. The fraction of sp³-hybridized carbons (Fsp3) is 0.500. The van der Waals surface area contributed by atoms with Crippen LogP contribution in [0.1, 0.15) is 38.8 Å². The minimum absolute atomic E-state index is 0.0867. The predicted octanol–water partition coefficient (Wildman–Crippen LogP) is 1.42. The number of nitrogens with zero attached hydrogens (tertiary/aromatic N) is 1. The summed E-state index contributed by atoms with van der Waals surface area (Å²) in [7, 11) is 0. The molecule has 0 aromatic heterocycles. The molecule has 1 rings (SSSR count). The Kier molecular flexibility index (Phi) is 4.55. The molecule has 0 bridgehead atoms. The van der Waals surface area contributed by atoms with E-state index in [1.54, 1.807) is 19.9 Å². The standard InChI is InChI=1S/C14H23N3O2/c1-13(2,14(3,4)18)16-9-10-6-5-7-11(8-10)12(15)17-19/h5-8,16,18-19H,9H2,1-4H3,(H2,15,17). The monoisotopic (exact) mass is 265 g/mol. The van der Waals surface area contributed by atoms with E-state index in [2.05, 4.69) is 10.5 Å². The maximum absolute atomic E-state index is 10.1. The third-order valence-corrected chi connectivity index (χ3v) is 3.59. The van der Waals surface area contributed by atoms with Crippen molar-refractivity contribution in [3.05, 3.63) is 35.4 Å². The van der Waals surface area contributed by atoms with Crippen LogP contribution in [0.15, 0.2) is 29.4 Å². The van der Waals surface area contributed by atoms with E-state index in [0.29, 0.717) is 12.1 Å². The van der Waals surface area contributed by atoms with Gasteiger partial charge >= 0.3 is 0 Å². The molecular weight excluding hydrogens is 242 g/mol. The Hall–Kier alpha value is -1.59. The number of amidine groups is 1. The van der Waals surface area contributed by atoms with E-state index in [1.165, 1.54) is 0 Å². The number of benzene rings is 1. The molecule has 0 aliphatic heterocycles. The maximum atomic E-state index is 10.1. The summed E-state index contributed by atoms with van der Waals surface area (Å²) in [6.07, 6.45) is 0. The Morgan fingerprint density at radius 2 is 1.95 bits per heavy atom. The largest absolute Gasteiger partial charge is 0.409 e. The van der Waals surface area contributed by atoms with Crippen molar-refractivity contribution >= 4 is 5.84 Å². The first-order valence-electron chi connectivity index (χ1n) is 6.21. The average Bonchev–Trinajstić information content (AvgIpc) is 2.34. The Labute approximate surface area is 114 Å². The first-order chi connectivity index (χ1) is 8.67. The van der Waals surface area contributed by atoms with Crippen LogP contribution < -0.4 is 11.1 Å². The van der Waals surface area contributed by atoms with Crippen LogP contribution in [-0.2, 0) is 6.54 Å². The summed E-state index contributed by atoms with van der Waals surface area (Å²) in [6.45, 7) is 8.02. The van der Waals surface area contributed by atoms with Crippen molar-refractivity contribution in [1.29, 1.82) is 0 Å². The first kappa shape index (κ1) is 15.5. The first-order valence-corrected chi connectivity index (χ1v) is 6.21. The zero-order valence-electron chi connectivity index (χ0n) is 11.9. The molecule has 0 aliphatic carbocycles. The molecule has 0 fully saturated rings. The molecule has 0 atom stereocenters. The van der Waals surface area contributed by atoms with Crippen molar-refractivity contribution in [2.24, 2.45) is 10.9 Å². The van der Waals surface area contributed by atoms with Crippen molar-refractivity contribution in [2.45, 2.75) is 45.4 Å². The van der Waals surface area contributed by atoms with Crippen molar-refractivity contribution in [2.75, 3.05) is 0 Å². The summed E-state index contributed by atoms with van der Waals surface area (Å²) < 4.78 is 0. The second-order valence-electron chi connectivity index (χ2n) is 5.72. The van der Waals surface area contributed by atoms with Crippen LogP contribution in [-0.4, -0.2) is 27.3 Å². The fourth-order valence-corrected chi connectivity index (χ4v) is 1.44. The van der Waals surface area contributed by atoms with Gasteiger partial charge in [-0.2, -0.15) is 0 Å². The van der Waals surface area contributed by atoms with Crippen molar-refractivity contribution in [3.8, 4) is 0 Å². The van der Waals surface area contributed by atoms with Gasteiger partial charge in [-0.25, -0.2) is 0 Å². The van der Waals surface area contributed by atoms with Gasteiger partial charge in [-0.05, 0) is 39.3 Å². The van der Waals surface area contributed by atoms with Gasteiger partial charge in [0.25, 0.3) is 0 Å². The molecule has 0 aliphatic rings. The highest BCUT2D eigenvalue weighted by Crippen LogP contribution is 2.21. The number of nitrogens with one attached hydrogen (secondary N) is 1. The summed E-state index contributed by atoms with van der Waals surface area (Å²) in [4.78, 5) is 0. The van der Waals surface area contributed by atoms with Gasteiger partial charge in [-0.15, -0.1) is 0 Å². The van der Waals surface area contributed by atoms with Crippen molar-refractivity contribution in [1.82, 2.24) is 5.32 Å². The van der Waals surface area contributed by atoms with Gasteiger partial charge < -0.3 is 21.4 Å². The highest BCUT2D eigenvalue weighted by molar-refractivity contribution is 5.97. The normalized spacial score (nSPS) is 13.6. The lowest BCUT2D eigenvalue weighted by Crippen LogP contribution is -2.55. The van der Waals surface area contributed by atoms with Gasteiger partial charge in [0.05, 0.1) is 5.60 Å². The number of aliphatic hydroxyl groups is 1. The van der Waals surface area contributed by atoms with Crippen LogP contribution in [0.5, 0.6) is 0 Å². The van der Waals surface area contributed by atoms with Crippen LogP contribution in [0.3, 0.4) is 0 Å². The quantitative estimate of drug-likeness (QED) is 0.280. The lowest BCUT2D eigenvalue weighted by Gasteiger charge is -2.38. The summed E-state index contributed by atoms with van der Waals surface area (Å²) in [5.74, 6) is 0.0867. The summed E-state index contributed by atoms with van der Waals surface area (Å²) >= 11 is 0. The molecule has 0 saturated carbocycles. The van der Waals surface area contributed by atoms with Gasteiger partial charge in [0, 0.05) is 17.6 Å². The van der Waals surface area contributed by atoms with Crippen molar-refractivity contribution < 1.29 is 10.3 Å². The lowest BCUT2D eigenvalue weighted by molar-refractivity contribution is -0.00531. The van der Waals surface area contributed by atoms with E-state index in [1.807, 2.05) is 32.0 Å². The predicted molar refractivity (Wildman–Crippen MR) is 76.2 cm³/mol. The Balaban J connectivity index is 2.80. The molecule has 106 valence electrons. The highest BCUT2D eigenvalue weighted by Gasteiger charge is 2.34. The summed E-state index contributed by atoms with van der Waals surface area (Å²) in [5, 5.41) is 25.0. The molecule has 0 radical (unpaired) electrons. The third kappa shape index (κ3) is 3.94. The number of hydrogen-bond acceptors (Lipinski definition) is 4. The van der Waals surface area contributed by atoms with E-state index in [0.717, 1.165) is 5.56 Å². The zero-order chi connectivity index (χ0) is 14.7. The lowest BCUT2D eigenvalue weighted by atomic mass is 9.86. The Bertz CT molecular complexity index is 462. The minimum atomic E-state index is -0.837. The molecular formula is C14H23N3O2. The third-order valence-electron chi connectivity index (χ3n) is 3.59. The molecule has 5 N–H and O–H groups in total. The van der Waals surface area contributed by atoms with Gasteiger partial charge in [0.2, 0.25) is 0 Å². The van der Waals surface area contributed by atoms with E-state index in [9.17, 15) is 5.11 Å². The van der Waals surface area contributed by atoms with Gasteiger partial charge in [0.15, 0.2) is 5.84 Å². The molecule has 0 saturated heterocycles. The van der Waals surface area contributed by atoms with Crippen molar-refractivity contribution in [3.63, 3.8) is 0 Å². The van der Waals surface area contributed by atoms with E-state index < -0.39 is 11.1 Å².